The van der Waals surface area contributed by atoms with Crippen LogP contribution in [0, 0.1) is 17.3 Å². The summed E-state index contributed by atoms with van der Waals surface area (Å²) < 4.78 is 13.1. The second-order valence-electron chi connectivity index (χ2n) is 10.2. The number of carboxylic acid groups (broad SMARTS) is 1. The number of nitrogens with one attached hydrogen (secondary N) is 2. The first-order chi connectivity index (χ1) is 18.2. The van der Waals surface area contributed by atoms with Gasteiger partial charge in [-0.2, -0.15) is 0 Å². The number of piperidine rings is 1. The number of fused-ring (bicyclic) bond motifs is 3. The summed E-state index contributed by atoms with van der Waals surface area (Å²) in [5, 5.41) is 15.7. The van der Waals surface area contributed by atoms with Gasteiger partial charge in [0.15, 0.2) is 0 Å². The maximum Gasteiger partial charge on any atom is 0.404 e. The molecule has 1 aliphatic rings. The number of aromatic nitrogens is 2. The summed E-state index contributed by atoms with van der Waals surface area (Å²) in [6, 6.07) is 8.68. The molecule has 3 N–H and O–H groups in total. The molecule has 0 saturated carbocycles. The zero-order valence-electron chi connectivity index (χ0n) is 21.7. The van der Waals surface area contributed by atoms with Gasteiger partial charge in [-0.3, -0.25) is 14.9 Å². The van der Waals surface area contributed by atoms with Crippen LogP contribution in [-0.4, -0.2) is 65.0 Å². The lowest BCUT2D eigenvalue weighted by Gasteiger charge is -2.30. The Balaban J connectivity index is 1.43. The van der Waals surface area contributed by atoms with Crippen molar-refractivity contribution in [2.45, 2.75) is 45.7 Å². The summed E-state index contributed by atoms with van der Waals surface area (Å²) in [5.41, 5.74) is 2.02. The van der Waals surface area contributed by atoms with Gasteiger partial charge in [-0.15, -0.1) is 0 Å². The smallest absolute Gasteiger partial charge is 0.404 e. The van der Waals surface area contributed by atoms with E-state index in [0.717, 1.165) is 21.9 Å². The minimum atomic E-state index is -1.08. The maximum atomic E-state index is 12.7. The molecule has 200 valence electrons. The average Bonchev–Trinajstić information content (AvgIpc) is 3.19. The third kappa shape index (κ3) is 6.13. The molecule has 3 amide bonds. The van der Waals surface area contributed by atoms with Gasteiger partial charge in [0.1, 0.15) is 18.3 Å². The molecule has 4 rings (SSSR count). The number of pyridine rings is 1. The van der Waals surface area contributed by atoms with Crippen LogP contribution in [0.3, 0.4) is 0 Å². The molecule has 1 saturated heterocycles. The number of benzene rings is 1. The minimum Gasteiger partial charge on any atom is -0.465 e. The summed E-state index contributed by atoms with van der Waals surface area (Å²) in [5.74, 6) is 5.63. The SMILES string of the molecule is CC(C)(C)C(COCCOCC#Cc1cccc2c1c1cccnc1n2C1CCC(=O)NC1=O)NC(=O)O. The number of carbonyl (C=O) groups excluding carboxylic acids is 2. The highest BCUT2D eigenvalue weighted by Gasteiger charge is 2.31. The van der Waals surface area contributed by atoms with Crippen molar-refractivity contribution >= 4 is 39.8 Å². The third-order valence-corrected chi connectivity index (χ3v) is 6.50. The van der Waals surface area contributed by atoms with E-state index in [2.05, 4.69) is 27.5 Å². The van der Waals surface area contributed by atoms with E-state index in [4.69, 9.17) is 14.6 Å². The van der Waals surface area contributed by atoms with Crippen LogP contribution in [0.1, 0.15) is 45.2 Å². The van der Waals surface area contributed by atoms with E-state index in [1.165, 1.54) is 0 Å². The predicted molar refractivity (Wildman–Crippen MR) is 142 cm³/mol. The minimum absolute atomic E-state index is 0.194. The Morgan fingerprint density at radius 2 is 2.03 bits per heavy atom. The molecule has 0 bridgehead atoms. The second-order valence-corrected chi connectivity index (χ2v) is 10.2. The summed E-state index contributed by atoms with van der Waals surface area (Å²) in [6.07, 6.45) is 1.30. The molecule has 10 heteroatoms. The molecule has 1 fully saturated rings. The van der Waals surface area contributed by atoms with E-state index < -0.39 is 12.1 Å². The lowest BCUT2D eigenvalue weighted by Crippen LogP contribution is -2.46. The number of amides is 3. The van der Waals surface area contributed by atoms with Crippen molar-refractivity contribution < 1.29 is 29.0 Å². The fraction of sp³-hybridized carbons (Fsp3) is 0.429. The number of imide groups is 1. The molecule has 1 aliphatic heterocycles. The normalized spacial score (nSPS) is 16.7. The van der Waals surface area contributed by atoms with E-state index in [-0.39, 0.29) is 42.9 Å². The topological polar surface area (TPSA) is 132 Å². The average molecular weight is 521 g/mol. The van der Waals surface area contributed by atoms with Crippen molar-refractivity contribution in [1.29, 1.82) is 0 Å². The fourth-order valence-corrected chi connectivity index (χ4v) is 4.50. The molecule has 3 aromatic rings. The highest BCUT2D eigenvalue weighted by atomic mass is 16.5. The fourth-order valence-electron chi connectivity index (χ4n) is 4.50. The molecule has 1 aromatic carbocycles. The Bertz CT molecular complexity index is 1410. The van der Waals surface area contributed by atoms with Gasteiger partial charge in [0.2, 0.25) is 11.8 Å². The Labute approximate surface area is 220 Å². The Morgan fingerprint density at radius 3 is 2.76 bits per heavy atom. The van der Waals surface area contributed by atoms with Crippen molar-refractivity contribution in [2.75, 3.05) is 26.4 Å². The predicted octanol–water partition coefficient (Wildman–Crippen LogP) is 3.23. The van der Waals surface area contributed by atoms with Gasteiger partial charge in [0.25, 0.3) is 0 Å². The molecule has 10 nitrogen and oxygen atoms in total. The van der Waals surface area contributed by atoms with E-state index >= 15 is 0 Å². The van der Waals surface area contributed by atoms with Crippen LogP contribution < -0.4 is 10.6 Å². The first-order valence-electron chi connectivity index (χ1n) is 12.5. The van der Waals surface area contributed by atoms with Gasteiger partial charge in [-0.1, -0.05) is 38.7 Å². The van der Waals surface area contributed by atoms with Gasteiger partial charge in [0, 0.05) is 29.0 Å². The monoisotopic (exact) mass is 520 g/mol. The Hall–Kier alpha value is -3.94. The van der Waals surface area contributed by atoms with Crippen molar-refractivity contribution in [2.24, 2.45) is 5.41 Å². The molecule has 2 unspecified atom stereocenters. The van der Waals surface area contributed by atoms with Gasteiger partial charge in [-0.25, -0.2) is 9.78 Å². The number of nitrogens with zero attached hydrogens (tertiary/aromatic N) is 2. The zero-order valence-corrected chi connectivity index (χ0v) is 21.7. The highest BCUT2D eigenvalue weighted by molar-refractivity contribution is 6.11. The highest BCUT2D eigenvalue weighted by Crippen LogP contribution is 2.35. The van der Waals surface area contributed by atoms with E-state index in [0.29, 0.717) is 25.3 Å². The molecule has 3 heterocycles. The molecule has 2 atom stereocenters. The van der Waals surface area contributed by atoms with Crippen molar-refractivity contribution in [3.05, 3.63) is 42.1 Å². The molecule has 0 spiro atoms. The largest absolute Gasteiger partial charge is 0.465 e. The second kappa shape index (κ2) is 11.6. The third-order valence-electron chi connectivity index (χ3n) is 6.50. The lowest BCUT2D eigenvalue weighted by atomic mass is 9.87. The Morgan fingerprint density at radius 1 is 1.24 bits per heavy atom. The molecule has 0 radical (unpaired) electrons. The van der Waals surface area contributed by atoms with Gasteiger partial charge in [0.05, 0.1) is 31.4 Å². The zero-order chi connectivity index (χ0) is 27.3. The van der Waals surface area contributed by atoms with Crippen LogP contribution in [0.2, 0.25) is 0 Å². The van der Waals surface area contributed by atoms with Gasteiger partial charge < -0.3 is 24.5 Å². The first-order valence-corrected chi connectivity index (χ1v) is 12.5. The lowest BCUT2D eigenvalue weighted by molar-refractivity contribution is -0.135. The van der Waals surface area contributed by atoms with Gasteiger partial charge in [-0.05, 0) is 36.1 Å². The first kappa shape index (κ1) is 27.1. The van der Waals surface area contributed by atoms with E-state index in [1.807, 2.05) is 55.7 Å². The summed E-state index contributed by atoms with van der Waals surface area (Å²) >= 11 is 0. The summed E-state index contributed by atoms with van der Waals surface area (Å²) in [7, 11) is 0. The van der Waals surface area contributed by atoms with Crippen molar-refractivity contribution in [3.8, 4) is 11.8 Å². The summed E-state index contributed by atoms with van der Waals surface area (Å²) in [6.45, 7) is 6.92. The maximum absolute atomic E-state index is 12.7. The molecular weight excluding hydrogens is 488 g/mol. The van der Waals surface area contributed by atoms with Crippen molar-refractivity contribution in [3.63, 3.8) is 0 Å². The molecule has 2 aromatic heterocycles. The number of hydrogen-bond acceptors (Lipinski definition) is 6. The Kier molecular flexibility index (Phi) is 8.29. The van der Waals surface area contributed by atoms with E-state index in [9.17, 15) is 14.4 Å². The summed E-state index contributed by atoms with van der Waals surface area (Å²) in [4.78, 5) is 39.9. The molecule has 38 heavy (non-hydrogen) atoms. The van der Waals surface area contributed by atoms with Crippen molar-refractivity contribution in [1.82, 2.24) is 20.2 Å². The van der Waals surface area contributed by atoms with Crippen LogP contribution in [0.4, 0.5) is 4.79 Å². The number of carbonyl (C=O) groups is 3. The standard InChI is InChI=1S/C28H32N4O6/c1-28(2,3)22(30-27(35)36)17-38-16-15-37-14-6-8-18-7-4-10-20-24(18)19-9-5-13-29-25(19)32(20)21-11-12-23(33)31-26(21)34/h4-5,7,9-10,13,21-22,30H,11-12,14-17H2,1-3H3,(H,35,36)(H,31,33,34). The molecular formula is C28H32N4O6. The van der Waals surface area contributed by atoms with E-state index in [1.54, 1.807) is 6.20 Å². The van der Waals surface area contributed by atoms with Crippen LogP contribution in [0.25, 0.3) is 21.9 Å². The van der Waals surface area contributed by atoms with Gasteiger partial charge >= 0.3 is 6.09 Å². The number of ether oxygens (including phenoxy) is 2. The van der Waals surface area contributed by atoms with Crippen LogP contribution in [0.15, 0.2) is 36.5 Å². The van der Waals surface area contributed by atoms with Crippen LogP contribution in [-0.2, 0) is 19.1 Å². The quantitative estimate of drug-likeness (QED) is 0.236. The van der Waals surface area contributed by atoms with Crippen LogP contribution in [0.5, 0.6) is 0 Å². The van der Waals surface area contributed by atoms with Crippen LogP contribution >= 0.6 is 0 Å². The number of hydrogen-bond donors (Lipinski definition) is 3. The molecule has 0 aliphatic carbocycles. The number of rotatable bonds is 8.